The molecule has 0 radical (unpaired) electrons. The molecule has 0 spiro atoms. The number of amides is 2. The largest absolute Gasteiger partial charge is 0.493 e. The lowest BCUT2D eigenvalue weighted by Crippen LogP contribution is -2.36. The molecule has 0 unspecified atom stereocenters. The standard InChI is InChI=1S/C20H22F2N2O6/c1-27-15-8-13(9-16(28-2)18(15)29-3)19(26)24-11-17(25)23-10-12-5-4-6-14(7-12)30-20(21)22/h4-9,20H,10-11H2,1-3H3,(H,23,25)(H,24,26). The summed E-state index contributed by atoms with van der Waals surface area (Å²) in [4.78, 5) is 24.4. The Hall–Kier alpha value is -3.56. The number of nitrogens with one attached hydrogen (secondary N) is 2. The van der Waals surface area contributed by atoms with Gasteiger partial charge in [-0.2, -0.15) is 8.78 Å². The minimum absolute atomic E-state index is 0.00699. The van der Waals surface area contributed by atoms with Gasteiger partial charge in [-0.15, -0.1) is 0 Å². The molecule has 0 heterocycles. The van der Waals surface area contributed by atoms with E-state index >= 15 is 0 Å². The predicted molar refractivity (Wildman–Crippen MR) is 103 cm³/mol. The normalized spacial score (nSPS) is 10.3. The van der Waals surface area contributed by atoms with Crippen LogP contribution in [0.15, 0.2) is 36.4 Å². The summed E-state index contributed by atoms with van der Waals surface area (Å²) in [7, 11) is 4.29. The lowest BCUT2D eigenvalue weighted by Gasteiger charge is -2.14. The van der Waals surface area contributed by atoms with E-state index in [2.05, 4.69) is 15.4 Å². The van der Waals surface area contributed by atoms with Crippen LogP contribution in [0.5, 0.6) is 23.0 Å². The second-order valence-corrected chi connectivity index (χ2v) is 5.90. The highest BCUT2D eigenvalue weighted by Gasteiger charge is 2.17. The van der Waals surface area contributed by atoms with Gasteiger partial charge in [0, 0.05) is 12.1 Å². The van der Waals surface area contributed by atoms with Gasteiger partial charge in [-0.3, -0.25) is 9.59 Å². The van der Waals surface area contributed by atoms with Crippen LogP contribution in [0.3, 0.4) is 0 Å². The number of carbonyl (C=O) groups excluding carboxylic acids is 2. The molecule has 0 bridgehead atoms. The first kappa shape index (κ1) is 22.7. The number of rotatable bonds is 10. The van der Waals surface area contributed by atoms with E-state index in [0.29, 0.717) is 22.8 Å². The Bertz CT molecular complexity index is 866. The van der Waals surface area contributed by atoms with Gasteiger partial charge < -0.3 is 29.6 Å². The van der Waals surface area contributed by atoms with E-state index in [1.807, 2.05) is 0 Å². The third kappa shape index (κ3) is 6.23. The van der Waals surface area contributed by atoms with Gasteiger partial charge in [0.25, 0.3) is 5.91 Å². The van der Waals surface area contributed by atoms with E-state index in [1.54, 1.807) is 6.07 Å². The average molecular weight is 424 g/mol. The molecule has 162 valence electrons. The van der Waals surface area contributed by atoms with Gasteiger partial charge >= 0.3 is 6.61 Å². The molecular weight excluding hydrogens is 402 g/mol. The zero-order valence-corrected chi connectivity index (χ0v) is 16.7. The summed E-state index contributed by atoms with van der Waals surface area (Å²) >= 11 is 0. The summed E-state index contributed by atoms with van der Waals surface area (Å²) in [6.07, 6.45) is 0. The van der Waals surface area contributed by atoms with Crippen molar-refractivity contribution >= 4 is 11.8 Å². The van der Waals surface area contributed by atoms with Crippen LogP contribution in [0.2, 0.25) is 0 Å². The maximum Gasteiger partial charge on any atom is 0.387 e. The quantitative estimate of drug-likeness (QED) is 0.608. The Morgan fingerprint density at radius 2 is 1.63 bits per heavy atom. The zero-order valence-electron chi connectivity index (χ0n) is 16.7. The van der Waals surface area contributed by atoms with Crippen LogP contribution in [0, 0.1) is 0 Å². The Balaban J connectivity index is 1.93. The van der Waals surface area contributed by atoms with E-state index in [4.69, 9.17) is 14.2 Å². The van der Waals surface area contributed by atoms with Crippen molar-refractivity contribution in [3.8, 4) is 23.0 Å². The van der Waals surface area contributed by atoms with Crippen LogP contribution >= 0.6 is 0 Å². The maximum atomic E-state index is 12.4. The second kappa shape index (κ2) is 10.8. The van der Waals surface area contributed by atoms with E-state index in [9.17, 15) is 18.4 Å². The molecule has 2 rings (SSSR count). The number of alkyl halides is 2. The number of ether oxygens (including phenoxy) is 4. The van der Waals surface area contributed by atoms with E-state index in [1.165, 1.54) is 51.7 Å². The minimum Gasteiger partial charge on any atom is -0.493 e. The molecule has 0 aromatic heterocycles. The topological polar surface area (TPSA) is 95.1 Å². The average Bonchev–Trinajstić information content (AvgIpc) is 2.74. The molecule has 0 aliphatic heterocycles. The van der Waals surface area contributed by atoms with Crippen molar-refractivity contribution in [2.45, 2.75) is 13.2 Å². The molecule has 0 saturated heterocycles. The Labute approximate surface area is 172 Å². The lowest BCUT2D eigenvalue weighted by atomic mass is 10.1. The van der Waals surface area contributed by atoms with Gasteiger partial charge in [-0.25, -0.2) is 0 Å². The van der Waals surface area contributed by atoms with Crippen LogP contribution in [0.25, 0.3) is 0 Å². The molecule has 0 aliphatic rings. The molecule has 30 heavy (non-hydrogen) atoms. The van der Waals surface area contributed by atoms with Crippen molar-refractivity contribution in [3.05, 3.63) is 47.5 Å². The first-order valence-electron chi connectivity index (χ1n) is 8.76. The molecule has 2 aromatic rings. The second-order valence-electron chi connectivity index (χ2n) is 5.90. The number of carbonyl (C=O) groups is 2. The third-order valence-electron chi connectivity index (χ3n) is 3.95. The molecule has 0 fully saturated rings. The van der Waals surface area contributed by atoms with Crippen molar-refractivity contribution in [1.82, 2.24) is 10.6 Å². The molecule has 2 amide bonds. The maximum absolute atomic E-state index is 12.4. The monoisotopic (exact) mass is 424 g/mol. The number of hydrogen-bond donors (Lipinski definition) is 2. The molecule has 2 N–H and O–H groups in total. The summed E-state index contributed by atoms with van der Waals surface area (Å²) < 4.78 is 44.4. The minimum atomic E-state index is -2.93. The fourth-order valence-electron chi connectivity index (χ4n) is 2.57. The fraction of sp³-hybridized carbons (Fsp3) is 0.300. The van der Waals surface area contributed by atoms with Crippen molar-refractivity contribution in [2.24, 2.45) is 0 Å². The first-order valence-corrected chi connectivity index (χ1v) is 8.76. The Morgan fingerprint density at radius 1 is 0.967 bits per heavy atom. The summed E-state index contributed by atoms with van der Waals surface area (Å²) in [5.74, 6) is -0.0396. The first-order chi connectivity index (χ1) is 14.4. The van der Waals surface area contributed by atoms with Crippen LogP contribution in [-0.4, -0.2) is 46.3 Å². The van der Waals surface area contributed by atoms with Gasteiger partial charge in [-0.1, -0.05) is 12.1 Å². The Morgan fingerprint density at radius 3 is 2.20 bits per heavy atom. The van der Waals surface area contributed by atoms with Gasteiger partial charge in [-0.05, 0) is 29.8 Å². The van der Waals surface area contributed by atoms with Crippen molar-refractivity contribution < 1.29 is 37.3 Å². The predicted octanol–water partition coefficient (Wildman–Crippen LogP) is 2.36. The highest BCUT2D eigenvalue weighted by molar-refractivity contribution is 5.97. The van der Waals surface area contributed by atoms with E-state index in [0.717, 1.165) is 0 Å². The molecular formula is C20H22F2N2O6. The van der Waals surface area contributed by atoms with Crippen molar-refractivity contribution in [1.29, 1.82) is 0 Å². The van der Waals surface area contributed by atoms with Crippen LogP contribution in [0.4, 0.5) is 8.78 Å². The number of hydrogen-bond acceptors (Lipinski definition) is 6. The SMILES string of the molecule is COc1cc(C(=O)NCC(=O)NCc2cccc(OC(F)F)c2)cc(OC)c1OC. The molecule has 0 aliphatic carbocycles. The molecule has 8 nitrogen and oxygen atoms in total. The highest BCUT2D eigenvalue weighted by atomic mass is 19.3. The molecule has 0 saturated carbocycles. The molecule has 0 atom stereocenters. The lowest BCUT2D eigenvalue weighted by molar-refractivity contribution is -0.120. The van der Waals surface area contributed by atoms with E-state index < -0.39 is 18.4 Å². The van der Waals surface area contributed by atoms with E-state index in [-0.39, 0.29) is 24.4 Å². The number of methoxy groups -OCH3 is 3. The van der Waals surface area contributed by atoms with Crippen molar-refractivity contribution in [3.63, 3.8) is 0 Å². The summed E-state index contributed by atoms with van der Waals surface area (Å²) in [6, 6.07) is 8.88. The van der Waals surface area contributed by atoms with Crippen LogP contribution in [0.1, 0.15) is 15.9 Å². The summed E-state index contributed by atoms with van der Waals surface area (Å²) in [6.45, 7) is -3.14. The van der Waals surface area contributed by atoms with Crippen molar-refractivity contribution in [2.75, 3.05) is 27.9 Å². The van der Waals surface area contributed by atoms with Gasteiger partial charge in [0.1, 0.15) is 5.75 Å². The highest BCUT2D eigenvalue weighted by Crippen LogP contribution is 2.38. The molecule has 10 heteroatoms. The number of halogens is 2. The number of benzene rings is 2. The third-order valence-corrected chi connectivity index (χ3v) is 3.95. The smallest absolute Gasteiger partial charge is 0.387 e. The van der Waals surface area contributed by atoms with Gasteiger partial charge in [0.2, 0.25) is 11.7 Å². The summed E-state index contributed by atoms with van der Waals surface area (Å²) in [5, 5.41) is 5.07. The molecule has 2 aromatic carbocycles. The Kier molecular flexibility index (Phi) is 8.21. The fourth-order valence-corrected chi connectivity index (χ4v) is 2.57. The van der Waals surface area contributed by atoms with Crippen LogP contribution < -0.4 is 29.6 Å². The van der Waals surface area contributed by atoms with Crippen LogP contribution in [-0.2, 0) is 11.3 Å². The van der Waals surface area contributed by atoms with Gasteiger partial charge in [0.15, 0.2) is 11.5 Å². The van der Waals surface area contributed by atoms with Gasteiger partial charge in [0.05, 0.1) is 27.9 Å². The zero-order chi connectivity index (χ0) is 22.1. The summed E-state index contributed by atoms with van der Waals surface area (Å²) in [5.41, 5.74) is 0.784.